The molecule has 23 heavy (non-hydrogen) atoms. The number of nitrogens with one attached hydrogen (secondary N) is 1. The van der Waals surface area contributed by atoms with Crippen LogP contribution < -0.4 is 5.32 Å². The van der Waals surface area contributed by atoms with Crippen molar-refractivity contribution in [3.05, 3.63) is 61.7 Å². The molecule has 0 saturated heterocycles. The predicted molar refractivity (Wildman–Crippen MR) is 94.5 cm³/mol. The number of rotatable bonds is 2. The quantitative estimate of drug-likeness (QED) is 0.559. The van der Waals surface area contributed by atoms with Gasteiger partial charge in [-0.25, -0.2) is 8.78 Å². The zero-order valence-corrected chi connectivity index (χ0v) is 14.5. The number of aliphatic imine (C=N–C) groups is 1. The molecule has 3 rings (SSSR count). The number of nitrogens with zero attached hydrogens (tertiary/aromatic N) is 1. The van der Waals surface area contributed by atoms with Crippen LogP contribution in [0.15, 0.2) is 35.3 Å². The van der Waals surface area contributed by atoms with Gasteiger partial charge in [0, 0.05) is 14.8 Å². The molecule has 118 valence electrons. The Morgan fingerprint density at radius 2 is 1.91 bits per heavy atom. The number of hydrogen-bond donors (Lipinski definition) is 1. The van der Waals surface area contributed by atoms with Gasteiger partial charge in [-0.15, -0.1) is 0 Å². The molecule has 0 saturated carbocycles. The van der Waals surface area contributed by atoms with E-state index in [-0.39, 0.29) is 17.8 Å². The molecule has 0 radical (unpaired) electrons. The lowest BCUT2D eigenvalue weighted by molar-refractivity contribution is -0.108. The van der Waals surface area contributed by atoms with Gasteiger partial charge in [-0.3, -0.25) is 4.99 Å². The first kappa shape index (κ1) is 16.3. The summed E-state index contributed by atoms with van der Waals surface area (Å²) < 4.78 is 29.2. The van der Waals surface area contributed by atoms with Crippen molar-refractivity contribution in [2.75, 3.05) is 11.9 Å². The minimum absolute atomic E-state index is 0.0637. The van der Waals surface area contributed by atoms with Gasteiger partial charge in [0.05, 0.1) is 22.8 Å². The van der Waals surface area contributed by atoms with Crippen LogP contribution in [-0.4, -0.2) is 24.6 Å². The number of carbonyl (C=O) groups is 1. The maximum Gasteiger partial charge on any atom is 0.144 e. The molecule has 1 atom stereocenters. The Bertz CT molecular complexity index is 806. The van der Waals surface area contributed by atoms with Crippen molar-refractivity contribution in [1.82, 2.24) is 0 Å². The lowest BCUT2D eigenvalue weighted by atomic mass is 9.99. The molecule has 1 aliphatic heterocycles. The van der Waals surface area contributed by atoms with Crippen molar-refractivity contribution >= 4 is 51.9 Å². The zero-order chi connectivity index (χ0) is 16.6. The molecule has 3 nitrogen and oxygen atoms in total. The average Bonchev–Trinajstić information content (AvgIpc) is 2.71. The van der Waals surface area contributed by atoms with Crippen LogP contribution in [-0.2, 0) is 4.79 Å². The first-order chi connectivity index (χ1) is 11.0. The van der Waals surface area contributed by atoms with Crippen molar-refractivity contribution in [2.45, 2.75) is 6.04 Å². The number of halogens is 4. The molecule has 0 aromatic heterocycles. The molecule has 0 aliphatic carbocycles. The fraction of sp³-hybridized carbons (Fsp3) is 0.125. The molecule has 0 fully saturated rings. The van der Waals surface area contributed by atoms with Crippen molar-refractivity contribution < 1.29 is 13.6 Å². The highest BCUT2D eigenvalue weighted by molar-refractivity contribution is 14.1. The summed E-state index contributed by atoms with van der Waals surface area (Å²) in [4.78, 5) is 15.4. The second kappa shape index (κ2) is 6.52. The third kappa shape index (κ3) is 2.97. The summed E-state index contributed by atoms with van der Waals surface area (Å²) >= 11 is 8.39. The van der Waals surface area contributed by atoms with E-state index in [4.69, 9.17) is 11.6 Å². The van der Waals surface area contributed by atoms with Gasteiger partial charge in [0.2, 0.25) is 0 Å². The van der Waals surface area contributed by atoms with Gasteiger partial charge < -0.3 is 10.1 Å². The maximum absolute atomic E-state index is 14.2. The van der Waals surface area contributed by atoms with Crippen molar-refractivity contribution in [1.29, 1.82) is 0 Å². The Morgan fingerprint density at radius 1 is 1.22 bits per heavy atom. The van der Waals surface area contributed by atoms with Gasteiger partial charge in [-0.1, -0.05) is 17.7 Å². The van der Waals surface area contributed by atoms with Gasteiger partial charge in [-0.05, 0) is 46.9 Å². The van der Waals surface area contributed by atoms with E-state index in [0.717, 1.165) is 15.7 Å². The Morgan fingerprint density at radius 3 is 2.57 bits per heavy atom. The standard InChI is InChI=1S/C16H10ClF2IN2O/c17-15-11(20)4-5-12-14(15)16(21-6-8(7-23)22-12)13-9(18)2-1-3-10(13)19/h1-5,7-8,22H,6H2. The summed E-state index contributed by atoms with van der Waals surface area (Å²) in [6.45, 7) is 0.0637. The maximum atomic E-state index is 14.2. The van der Waals surface area contributed by atoms with E-state index in [2.05, 4.69) is 10.3 Å². The fourth-order valence-electron chi connectivity index (χ4n) is 2.42. The molecule has 0 amide bonds. The Labute approximate surface area is 149 Å². The third-order valence-corrected chi connectivity index (χ3v) is 5.09. The monoisotopic (exact) mass is 446 g/mol. The van der Waals surface area contributed by atoms with Crippen molar-refractivity contribution in [3.63, 3.8) is 0 Å². The Kier molecular flexibility index (Phi) is 4.63. The summed E-state index contributed by atoms with van der Waals surface area (Å²) in [6.07, 6.45) is 0.708. The van der Waals surface area contributed by atoms with Gasteiger partial charge in [0.1, 0.15) is 24.0 Å². The largest absolute Gasteiger partial charge is 0.373 e. The van der Waals surface area contributed by atoms with E-state index in [1.54, 1.807) is 12.1 Å². The topological polar surface area (TPSA) is 41.5 Å². The van der Waals surface area contributed by atoms with Gasteiger partial charge in [-0.2, -0.15) is 0 Å². The molecule has 0 spiro atoms. The van der Waals surface area contributed by atoms with Crippen molar-refractivity contribution in [3.8, 4) is 0 Å². The molecule has 1 aliphatic rings. The molecule has 0 bridgehead atoms. The van der Waals surface area contributed by atoms with Crippen molar-refractivity contribution in [2.24, 2.45) is 4.99 Å². The van der Waals surface area contributed by atoms with Crippen LogP contribution in [0.25, 0.3) is 0 Å². The first-order valence-corrected chi connectivity index (χ1v) is 8.17. The summed E-state index contributed by atoms with van der Waals surface area (Å²) in [5.74, 6) is -1.46. The molecule has 2 aromatic rings. The van der Waals surface area contributed by atoms with Crippen LogP contribution in [0.4, 0.5) is 14.5 Å². The highest BCUT2D eigenvalue weighted by Gasteiger charge is 2.26. The van der Waals surface area contributed by atoms with E-state index in [0.29, 0.717) is 22.6 Å². The number of hydrogen-bond acceptors (Lipinski definition) is 3. The third-order valence-electron chi connectivity index (χ3n) is 3.48. The summed E-state index contributed by atoms with van der Waals surface area (Å²) in [5, 5.41) is 3.34. The van der Waals surface area contributed by atoms with E-state index in [1.807, 2.05) is 22.6 Å². The Hall–Kier alpha value is -1.54. The normalized spacial score (nSPS) is 16.9. The van der Waals surface area contributed by atoms with Crippen LogP contribution in [0.3, 0.4) is 0 Å². The second-order valence-electron chi connectivity index (χ2n) is 4.96. The number of benzodiazepines with no additional fused rings is 1. The molecule has 1 N–H and O–H groups in total. The van der Waals surface area contributed by atoms with Gasteiger partial charge in [0.25, 0.3) is 0 Å². The van der Waals surface area contributed by atoms with E-state index >= 15 is 0 Å². The number of anilines is 1. The average molecular weight is 447 g/mol. The lowest BCUT2D eigenvalue weighted by Crippen LogP contribution is -2.23. The van der Waals surface area contributed by atoms with E-state index in [9.17, 15) is 13.6 Å². The highest BCUT2D eigenvalue weighted by atomic mass is 127. The van der Waals surface area contributed by atoms with Crippen LogP contribution in [0.1, 0.15) is 11.1 Å². The summed E-state index contributed by atoms with van der Waals surface area (Å²) in [6, 6.07) is 6.51. The smallest absolute Gasteiger partial charge is 0.144 e. The number of aldehydes is 1. The number of carbonyl (C=O) groups excluding carboxylic acids is 1. The fourth-order valence-corrected chi connectivity index (χ4v) is 3.13. The highest BCUT2D eigenvalue weighted by Crippen LogP contribution is 2.34. The SMILES string of the molecule is O=CC1CN=C(c2c(F)cccc2F)c2c(ccc(I)c2Cl)N1. The number of fused-ring (bicyclic) bond motifs is 1. The van der Waals surface area contributed by atoms with Crippen LogP contribution >= 0.6 is 34.2 Å². The van der Waals surface area contributed by atoms with Gasteiger partial charge >= 0.3 is 0 Å². The van der Waals surface area contributed by atoms with E-state index in [1.165, 1.54) is 6.07 Å². The predicted octanol–water partition coefficient (Wildman–Crippen LogP) is 4.05. The summed E-state index contributed by atoms with van der Waals surface area (Å²) in [5.41, 5.74) is 0.778. The van der Waals surface area contributed by atoms with Gasteiger partial charge in [0.15, 0.2) is 0 Å². The van der Waals surface area contributed by atoms with E-state index < -0.39 is 17.7 Å². The molecular formula is C16H10ClF2IN2O. The van der Waals surface area contributed by atoms with Crippen LogP contribution in [0.2, 0.25) is 5.02 Å². The lowest BCUT2D eigenvalue weighted by Gasteiger charge is -2.15. The molecule has 7 heteroatoms. The summed E-state index contributed by atoms with van der Waals surface area (Å²) in [7, 11) is 0. The van der Waals surface area contributed by atoms with Crippen LogP contribution in [0, 0.1) is 15.2 Å². The minimum Gasteiger partial charge on any atom is -0.373 e. The molecule has 1 unspecified atom stereocenters. The molecule has 2 aromatic carbocycles. The Balaban J connectivity index is 2.31. The van der Waals surface area contributed by atoms with Crippen LogP contribution in [0.5, 0.6) is 0 Å². The first-order valence-electron chi connectivity index (χ1n) is 6.72. The second-order valence-corrected chi connectivity index (χ2v) is 6.50. The minimum atomic E-state index is -0.728. The molecule has 1 heterocycles. The molecular weight excluding hydrogens is 437 g/mol. The zero-order valence-electron chi connectivity index (χ0n) is 11.6. The number of benzene rings is 2.